The van der Waals surface area contributed by atoms with Crippen LogP contribution < -0.4 is 10.1 Å². The molecule has 1 aromatic rings. The quantitative estimate of drug-likeness (QED) is 0.490. The molecule has 1 aromatic carbocycles. The van der Waals surface area contributed by atoms with Crippen molar-refractivity contribution in [1.82, 2.24) is 5.32 Å². The molecule has 0 saturated heterocycles. The normalized spacial score (nSPS) is 19.1. The Bertz CT molecular complexity index is 424. The molecule has 18 heavy (non-hydrogen) atoms. The molecule has 1 aliphatic carbocycles. The lowest BCUT2D eigenvalue weighted by Crippen LogP contribution is -2.39. The summed E-state index contributed by atoms with van der Waals surface area (Å²) in [6, 6.07) is 9.77. The van der Waals surface area contributed by atoms with Crippen LogP contribution in [0.2, 0.25) is 0 Å². The SMILES string of the molecule is ON=C1CCC(NC(=S)Oc2ccccc2)CC1. The summed E-state index contributed by atoms with van der Waals surface area (Å²) in [5.74, 6) is 0.739. The fourth-order valence-corrected chi connectivity index (χ4v) is 2.25. The van der Waals surface area contributed by atoms with Gasteiger partial charge in [-0.1, -0.05) is 23.4 Å². The van der Waals surface area contributed by atoms with E-state index in [1.807, 2.05) is 30.3 Å². The Labute approximate surface area is 112 Å². The number of nitrogens with one attached hydrogen (secondary N) is 1. The third-order valence-corrected chi connectivity index (χ3v) is 3.18. The highest BCUT2D eigenvalue weighted by Gasteiger charge is 2.18. The van der Waals surface area contributed by atoms with Crippen LogP contribution in [-0.2, 0) is 0 Å². The molecule has 1 fully saturated rings. The third-order valence-electron chi connectivity index (χ3n) is 2.98. The molecule has 0 unspecified atom stereocenters. The first-order valence-corrected chi connectivity index (χ1v) is 6.42. The molecule has 0 amide bonds. The van der Waals surface area contributed by atoms with Crippen molar-refractivity contribution in [3.63, 3.8) is 0 Å². The highest BCUT2D eigenvalue weighted by atomic mass is 32.1. The molecular weight excluding hydrogens is 248 g/mol. The topological polar surface area (TPSA) is 53.9 Å². The molecule has 0 radical (unpaired) electrons. The Morgan fingerprint density at radius 2 is 1.94 bits per heavy atom. The van der Waals surface area contributed by atoms with Gasteiger partial charge in [-0.3, -0.25) is 0 Å². The molecule has 2 N–H and O–H groups in total. The van der Waals surface area contributed by atoms with E-state index in [2.05, 4.69) is 10.5 Å². The van der Waals surface area contributed by atoms with E-state index >= 15 is 0 Å². The summed E-state index contributed by atoms with van der Waals surface area (Å²) >= 11 is 5.16. The van der Waals surface area contributed by atoms with Gasteiger partial charge in [-0.2, -0.15) is 0 Å². The molecule has 0 aliphatic heterocycles. The van der Waals surface area contributed by atoms with Crippen molar-refractivity contribution < 1.29 is 9.94 Å². The van der Waals surface area contributed by atoms with E-state index < -0.39 is 0 Å². The molecule has 1 saturated carbocycles. The minimum absolute atomic E-state index is 0.298. The van der Waals surface area contributed by atoms with Gasteiger partial charge < -0.3 is 15.3 Å². The first-order valence-electron chi connectivity index (χ1n) is 6.01. The molecule has 0 atom stereocenters. The van der Waals surface area contributed by atoms with Crippen LogP contribution in [0.3, 0.4) is 0 Å². The maximum atomic E-state index is 8.67. The molecule has 0 bridgehead atoms. The van der Waals surface area contributed by atoms with Crippen LogP contribution in [0.4, 0.5) is 0 Å². The number of rotatable bonds is 2. The average Bonchev–Trinajstić information content (AvgIpc) is 2.40. The molecule has 0 spiro atoms. The number of hydrogen-bond acceptors (Lipinski definition) is 4. The zero-order valence-corrected chi connectivity index (χ0v) is 10.8. The molecular formula is C13H16N2O2S. The predicted octanol–water partition coefficient (Wildman–Crippen LogP) is 2.71. The number of hydrogen-bond donors (Lipinski definition) is 2. The molecule has 96 valence electrons. The van der Waals surface area contributed by atoms with Crippen LogP contribution in [0.5, 0.6) is 5.75 Å². The van der Waals surface area contributed by atoms with E-state index in [9.17, 15) is 0 Å². The van der Waals surface area contributed by atoms with Crippen molar-refractivity contribution in [3.8, 4) is 5.75 Å². The molecule has 1 aliphatic rings. The van der Waals surface area contributed by atoms with Gasteiger partial charge in [0.15, 0.2) is 0 Å². The Kier molecular flexibility index (Phi) is 4.52. The first-order chi connectivity index (χ1) is 8.78. The monoisotopic (exact) mass is 264 g/mol. The zero-order valence-electron chi connectivity index (χ0n) is 10.0. The third kappa shape index (κ3) is 3.70. The maximum absolute atomic E-state index is 8.67. The van der Waals surface area contributed by atoms with Crippen LogP contribution in [0.15, 0.2) is 35.5 Å². The van der Waals surface area contributed by atoms with Gasteiger partial charge in [0.05, 0.1) is 5.71 Å². The fraction of sp³-hybridized carbons (Fsp3) is 0.385. The van der Waals surface area contributed by atoms with Crippen molar-refractivity contribution in [3.05, 3.63) is 30.3 Å². The largest absolute Gasteiger partial charge is 0.432 e. The van der Waals surface area contributed by atoms with Crippen LogP contribution in [0, 0.1) is 0 Å². The number of benzene rings is 1. The maximum Gasteiger partial charge on any atom is 0.262 e. The first kappa shape index (κ1) is 12.8. The van der Waals surface area contributed by atoms with E-state index in [0.29, 0.717) is 11.2 Å². The van der Waals surface area contributed by atoms with Gasteiger partial charge in [0.1, 0.15) is 5.75 Å². The molecule has 0 heterocycles. The van der Waals surface area contributed by atoms with Crippen LogP contribution in [0.25, 0.3) is 0 Å². The number of oxime groups is 1. The van der Waals surface area contributed by atoms with Gasteiger partial charge in [0, 0.05) is 6.04 Å². The van der Waals surface area contributed by atoms with E-state index in [1.165, 1.54) is 0 Å². The number of nitrogens with zero attached hydrogens (tertiary/aromatic N) is 1. The standard InChI is InChI=1S/C13H16N2O2S/c16-15-11-8-6-10(7-9-11)14-13(18)17-12-4-2-1-3-5-12/h1-5,10,16H,6-9H2,(H,14,18). The van der Waals surface area contributed by atoms with Crippen molar-refractivity contribution in [2.75, 3.05) is 0 Å². The Balaban J connectivity index is 1.78. The highest BCUT2D eigenvalue weighted by molar-refractivity contribution is 7.80. The summed E-state index contributed by atoms with van der Waals surface area (Å²) in [5, 5.41) is 15.5. The second-order valence-corrected chi connectivity index (χ2v) is 4.66. The van der Waals surface area contributed by atoms with Crippen LogP contribution in [-0.4, -0.2) is 22.1 Å². The molecule has 4 nitrogen and oxygen atoms in total. The van der Waals surface area contributed by atoms with E-state index in [-0.39, 0.29) is 0 Å². The fourth-order valence-electron chi connectivity index (χ4n) is 1.99. The van der Waals surface area contributed by atoms with Crippen LogP contribution in [0.1, 0.15) is 25.7 Å². The number of thiocarbonyl (C=S) groups is 1. The number of ether oxygens (including phenoxy) is 1. The zero-order chi connectivity index (χ0) is 12.8. The lowest BCUT2D eigenvalue weighted by molar-refractivity contribution is 0.312. The summed E-state index contributed by atoms with van der Waals surface area (Å²) in [6.45, 7) is 0. The predicted molar refractivity (Wildman–Crippen MR) is 74.3 cm³/mol. The Morgan fingerprint density at radius 3 is 2.56 bits per heavy atom. The van der Waals surface area contributed by atoms with E-state index in [4.69, 9.17) is 22.2 Å². The minimum atomic E-state index is 0.298. The lowest BCUT2D eigenvalue weighted by Gasteiger charge is -2.24. The molecule has 5 heteroatoms. The summed E-state index contributed by atoms with van der Waals surface area (Å²) in [6.07, 6.45) is 3.44. The minimum Gasteiger partial charge on any atom is -0.432 e. The van der Waals surface area contributed by atoms with Crippen molar-refractivity contribution >= 4 is 23.1 Å². The van der Waals surface area contributed by atoms with Crippen LogP contribution >= 0.6 is 12.2 Å². The van der Waals surface area contributed by atoms with Gasteiger partial charge in [-0.15, -0.1) is 0 Å². The second kappa shape index (κ2) is 6.35. The average molecular weight is 264 g/mol. The Hall–Kier alpha value is -1.62. The van der Waals surface area contributed by atoms with Gasteiger partial charge >= 0.3 is 0 Å². The summed E-state index contributed by atoms with van der Waals surface area (Å²) in [4.78, 5) is 0. The van der Waals surface area contributed by atoms with Gasteiger partial charge in [-0.05, 0) is 50.0 Å². The Morgan fingerprint density at radius 1 is 1.28 bits per heavy atom. The molecule has 0 aromatic heterocycles. The summed E-state index contributed by atoms with van der Waals surface area (Å²) in [7, 11) is 0. The summed E-state index contributed by atoms with van der Waals surface area (Å²) in [5.41, 5.74) is 0.864. The lowest BCUT2D eigenvalue weighted by atomic mass is 9.94. The van der Waals surface area contributed by atoms with Crippen molar-refractivity contribution in [2.45, 2.75) is 31.7 Å². The second-order valence-electron chi connectivity index (χ2n) is 4.29. The number of para-hydroxylation sites is 1. The summed E-state index contributed by atoms with van der Waals surface area (Å²) < 4.78 is 5.51. The smallest absolute Gasteiger partial charge is 0.262 e. The van der Waals surface area contributed by atoms with Crippen molar-refractivity contribution in [2.24, 2.45) is 5.16 Å². The van der Waals surface area contributed by atoms with Gasteiger partial charge in [0.2, 0.25) is 0 Å². The van der Waals surface area contributed by atoms with E-state index in [1.54, 1.807) is 0 Å². The molecule has 2 rings (SSSR count). The van der Waals surface area contributed by atoms with Crippen molar-refractivity contribution in [1.29, 1.82) is 0 Å². The van der Waals surface area contributed by atoms with Gasteiger partial charge in [0.25, 0.3) is 5.17 Å². The van der Waals surface area contributed by atoms with E-state index in [0.717, 1.165) is 37.1 Å². The van der Waals surface area contributed by atoms with Gasteiger partial charge in [-0.25, -0.2) is 0 Å². The highest BCUT2D eigenvalue weighted by Crippen LogP contribution is 2.16.